The number of nitrogens with zero attached hydrogens (tertiary/aromatic N) is 1. The van der Waals surface area contributed by atoms with Crippen LogP contribution < -0.4 is 5.32 Å². The van der Waals surface area contributed by atoms with E-state index >= 15 is 0 Å². The third kappa shape index (κ3) is 3.83. The topological polar surface area (TPSA) is 37.6 Å². The molecule has 1 aromatic rings. The second-order valence-electron chi connectivity index (χ2n) is 4.99. The summed E-state index contributed by atoms with van der Waals surface area (Å²) in [5, 5.41) is 3.38. The SMILES string of the molecule is CCCNCc1coc(CN2CCOCC2C)c1. The number of hydrogen-bond acceptors (Lipinski definition) is 4. The summed E-state index contributed by atoms with van der Waals surface area (Å²) < 4.78 is 11.1. The minimum absolute atomic E-state index is 0.477. The molecule has 2 rings (SSSR count). The van der Waals surface area contributed by atoms with E-state index in [0.717, 1.165) is 51.6 Å². The van der Waals surface area contributed by atoms with Gasteiger partial charge in [-0.25, -0.2) is 0 Å². The zero-order valence-electron chi connectivity index (χ0n) is 11.4. The van der Waals surface area contributed by atoms with Crippen molar-refractivity contribution in [1.29, 1.82) is 0 Å². The van der Waals surface area contributed by atoms with E-state index in [1.165, 1.54) is 5.56 Å². The molecule has 1 aromatic heterocycles. The third-order valence-electron chi connectivity index (χ3n) is 3.33. The molecule has 4 nitrogen and oxygen atoms in total. The summed E-state index contributed by atoms with van der Waals surface area (Å²) in [5.74, 6) is 1.05. The molecule has 0 saturated carbocycles. The van der Waals surface area contributed by atoms with E-state index in [-0.39, 0.29) is 0 Å². The van der Waals surface area contributed by atoms with Crippen molar-refractivity contribution in [2.45, 2.75) is 39.4 Å². The number of furan rings is 1. The van der Waals surface area contributed by atoms with E-state index in [1.54, 1.807) is 0 Å². The highest BCUT2D eigenvalue weighted by molar-refractivity contribution is 5.12. The average Bonchev–Trinajstić information content (AvgIpc) is 2.80. The van der Waals surface area contributed by atoms with Crippen molar-refractivity contribution < 1.29 is 9.15 Å². The molecule has 1 unspecified atom stereocenters. The van der Waals surface area contributed by atoms with Gasteiger partial charge in [0.1, 0.15) is 5.76 Å². The van der Waals surface area contributed by atoms with Gasteiger partial charge in [0, 0.05) is 24.7 Å². The fourth-order valence-electron chi connectivity index (χ4n) is 2.21. The lowest BCUT2D eigenvalue weighted by Gasteiger charge is -2.32. The lowest BCUT2D eigenvalue weighted by Crippen LogP contribution is -2.42. The first-order valence-electron chi connectivity index (χ1n) is 6.88. The quantitative estimate of drug-likeness (QED) is 0.786. The lowest BCUT2D eigenvalue weighted by atomic mass is 10.2. The van der Waals surface area contributed by atoms with Gasteiger partial charge < -0.3 is 14.5 Å². The molecular weight excluding hydrogens is 228 g/mol. The summed E-state index contributed by atoms with van der Waals surface area (Å²) in [6.07, 6.45) is 3.03. The van der Waals surface area contributed by atoms with E-state index in [9.17, 15) is 0 Å². The van der Waals surface area contributed by atoms with Gasteiger partial charge in [-0.05, 0) is 26.0 Å². The van der Waals surface area contributed by atoms with Crippen molar-refractivity contribution in [3.8, 4) is 0 Å². The Morgan fingerprint density at radius 2 is 2.39 bits per heavy atom. The first kappa shape index (κ1) is 13.6. The predicted molar refractivity (Wildman–Crippen MR) is 71.4 cm³/mol. The molecule has 0 radical (unpaired) electrons. The molecule has 1 fully saturated rings. The summed E-state index contributed by atoms with van der Waals surface area (Å²) in [7, 11) is 0. The Labute approximate surface area is 109 Å². The van der Waals surface area contributed by atoms with Crippen LogP contribution in [0.25, 0.3) is 0 Å². The molecule has 0 spiro atoms. The van der Waals surface area contributed by atoms with Crippen LogP contribution in [-0.4, -0.2) is 37.2 Å². The summed E-state index contributed by atoms with van der Waals surface area (Å²) in [6, 6.07) is 2.63. The van der Waals surface area contributed by atoms with E-state index in [0.29, 0.717) is 6.04 Å². The van der Waals surface area contributed by atoms with Gasteiger partial charge in [0.05, 0.1) is 26.0 Å². The van der Waals surface area contributed by atoms with Crippen LogP contribution in [0.5, 0.6) is 0 Å². The van der Waals surface area contributed by atoms with Crippen LogP contribution in [0.4, 0.5) is 0 Å². The van der Waals surface area contributed by atoms with Crippen LogP contribution in [0.2, 0.25) is 0 Å². The van der Waals surface area contributed by atoms with Gasteiger partial charge in [0.25, 0.3) is 0 Å². The van der Waals surface area contributed by atoms with Crippen molar-refractivity contribution in [1.82, 2.24) is 10.2 Å². The third-order valence-corrected chi connectivity index (χ3v) is 3.33. The van der Waals surface area contributed by atoms with Gasteiger partial charge in [-0.1, -0.05) is 6.92 Å². The van der Waals surface area contributed by atoms with Gasteiger partial charge in [-0.2, -0.15) is 0 Å². The molecule has 1 aliphatic rings. The van der Waals surface area contributed by atoms with Gasteiger partial charge in [0.2, 0.25) is 0 Å². The van der Waals surface area contributed by atoms with Crippen molar-refractivity contribution in [2.75, 3.05) is 26.3 Å². The van der Waals surface area contributed by atoms with Crippen LogP contribution in [0.3, 0.4) is 0 Å². The van der Waals surface area contributed by atoms with E-state index in [1.807, 2.05) is 6.26 Å². The number of morpholine rings is 1. The Balaban J connectivity index is 1.82. The van der Waals surface area contributed by atoms with E-state index in [2.05, 4.69) is 30.1 Å². The number of ether oxygens (including phenoxy) is 1. The van der Waals surface area contributed by atoms with E-state index in [4.69, 9.17) is 9.15 Å². The summed E-state index contributed by atoms with van der Waals surface area (Å²) in [5.41, 5.74) is 1.24. The molecule has 4 heteroatoms. The van der Waals surface area contributed by atoms with Gasteiger partial charge in [-0.15, -0.1) is 0 Å². The lowest BCUT2D eigenvalue weighted by molar-refractivity contribution is -0.00708. The van der Waals surface area contributed by atoms with Crippen molar-refractivity contribution >= 4 is 0 Å². The Hall–Kier alpha value is -0.840. The minimum Gasteiger partial charge on any atom is -0.468 e. The highest BCUT2D eigenvalue weighted by Crippen LogP contribution is 2.14. The Bertz CT molecular complexity index is 351. The summed E-state index contributed by atoms with van der Waals surface area (Å²) >= 11 is 0. The van der Waals surface area contributed by atoms with Crippen molar-refractivity contribution in [3.05, 3.63) is 23.7 Å². The van der Waals surface area contributed by atoms with Gasteiger partial charge in [0.15, 0.2) is 0 Å². The molecule has 1 N–H and O–H groups in total. The van der Waals surface area contributed by atoms with Crippen LogP contribution >= 0.6 is 0 Å². The van der Waals surface area contributed by atoms with Crippen LogP contribution in [0.1, 0.15) is 31.6 Å². The molecule has 1 saturated heterocycles. The average molecular weight is 252 g/mol. The smallest absolute Gasteiger partial charge is 0.118 e. The molecule has 0 aliphatic carbocycles. The first-order valence-corrected chi connectivity index (χ1v) is 6.88. The largest absolute Gasteiger partial charge is 0.468 e. The first-order chi connectivity index (χ1) is 8.79. The molecule has 1 atom stereocenters. The second-order valence-corrected chi connectivity index (χ2v) is 4.99. The fraction of sp³-hybridized carbons (Fsp3) is 0.714. The molecule has 102 valence electrons. The molecule has 0 bridgehead atoms. The number of nitrogens with one attached hydrogen (secondary N) is 1. The monoisotopic (exact) mass is 252 g/mol. The molecule has 18 heavy (non-hydrogen) atoms. The number of rotatable bonds is 6. The maximum Gasteiger partial charge on any atom is 0.118 e. The van der Waals surface area contributed by atoms with Gasteiger partial charge >= 0.3 is 0 Å². The van der Waals surface area contributed by atoms with Crippen molar-refractivity contribution in [3.63, 3.8) is 0 Å². The summed E-state index contributed by atoms with van der Waals surface area (Å²) in [4.78, 5) is 2.41. The zero-order valence-corrected chi connectivity index (χ0v) is 11.4. The van der Waals surface area contributed by atoms with Crippen LogP contribution in [-0.2, 0) is 17.8 Å². The minimum atomic E-state index is 0.477. The summed E-state index contributed by atoms with van der Waals surface area (Å²) in [6.45, 7) is 9.86. The molecule has 1 aliphatic heterocycles. The normalized spacial score (nSPS) is 21.3. The fourth-order valence-corrected chi connectivity index (χ4v) is 2.21. The number of hydrogen-bond donors (Lipinski definition) is 1. The highest BCUT2D eigenvalue weighted by atomic mass is 16.5. The van der Waals surface area contributed by atoms with Crippen molar-refractivity contribution in [2.24, 2.45) is 0 Å². The van der Waals surface area contributed by atoms with Crippen LogP contribution in [0, 0.1) is 0 Å². The molecular formula is C14H24N2O2. The predicted octanol–water partition coefficient (Wildman–Crippen LogP) is 2.00. The molecule has 0 aromatic carbocycles. The molecule has 0 amide bonds. The maximum absolute atomic E-state index is 5.62. The standard InChI is InChI=1S/C14H24N2O2/c1-3-4-15-8-13-7-14(18-11-13)9-16-5-6-17-10-12(16)2/h7,11-12,15H,3-6,8-10H2,1-2H3. The Kier molecular flexibility index (Phi) is 5.23. The van der Waals surface area contributed by atoms with Gasteiger partial charge in [-0.3, -0.25) is 4.90 Å². The second kappa shape index (κ2) is 6.92. The van der Waals surface area contributed by atoms with E-state index < -0.39 is 0 Å². The highest BCUT2D eigenvalue weighted by Gasteiger charge is 2.19. The van der Waals surface area contributed by atoms with Crippen LogP contribution in [0.15, 0.2) is 16.7 Å². The Morgan fingerprint density at radius 1 is 1.50 bits per heavy atom. The zero-order chi connectivity index (χ0) is 12.8. The maximum atomic E-state index is 5.62. The molecule has 2 heterocycles. The Morgan fingerprint density at radius 3 is 3.17 bits per heavy atom.